The highest BCUT2D eigenvalue weighted by Crippen LogP contribution is 2.67. The van der Waals surface area contributed by atoms with Crippen LogP contribution in [0.15, 0.2) is 11.6 Å². The average Bonchev–Trinajstić information content (AvgIpc) is 3.28. The van der Waals surface area contributed by atoms with Gasteiger partial charge in [0.25, 0.3) is 0 Å². The number of carboxylic acid groups (broad SMARTS) is 2. The fraction of sp³-hybridized carbons (Fsp3) is 0.829. The van der Waals surface area contributed by atoms with E-state index in [0.717, 1.165) is 43.6 Å². The molecule has 0 saturated heterocycles. The highest BCUT2D eigenvalue weighted by molar-refractivity contribution is 5.77. The summed E-state index contributed by atoms with van der Waals surface area (Å²) in [4.78, 5) is 47.4. The number of carbonyl (C=O) groups excluding carboxylic acids is 2. The van der Waals surface area contributed by atoms with E-state index in [0.29, 0.717) is 30.1 Å². The third-order valence-electron chi connectivity index (χ3n) is 11.9. The Balaban J connectivity index is 1.57. The number of hydrogen-bond donors (Lipinski definition) is 2. The van der Waals surface area contributed by atoms with Crippen LogP contribution in [0.1, 0.15) is 125 Å². The van der Waals surface area contributed by atoms with Gasteiger partial charge in [0.15, 0.2) is 0 Å². The number of rotatable bonds is 13. The lowest BCUT2D eigenvalue weighted by molar-refractivity contribution is -0.164. The van der Waals surface area contributed by atoms with Gasteiger partial charge < -0.3 is 19.7 Å². The molecule has 0 aromatic carbocycles. The molecular weight excluding hydrogens is 548 g/mol. The molecule has 0 bridgehead atoms. The molecule has 242 valence electrons. The summed E-state index contributed by atoms with van der Waals surface area (Å²) in [5.74, 6) is -0.0277. The highest BCUT2D eigenvalue weighted by atomic mass is 16.5. The predicted octanol–water partition coefficient (Wildman–Crippen LogP) is 7.19. The Labute approximate surface area is 257 Å². The lowest BCUT2D eigenvalue weighted by atomic mass is 9.46. The molecule has 43 heavy (non-hydrogen) atoms. The van der Waals surface area contributed by atoms with Crippen molar-refractivity contribution in [3.63, 3.8) is 0 Å². The van der Waals surface area contributed by atoms with Crippen molar-refractivity contribution in [2.45, 2.75) is 137 Å². The van der Waals surface area contributed by atoms with E-state index >= 15 is 0 Å². The van der Waals surface area contributed by atoms with E-state index in [4.69, 9.17) is 19.7 Å². The third-order valence-corrected chi connectivity index (χ3v) is 11.9. The minimum Gasteiger partial charge on any atom is -0.481 e. The molecule has 3 fully saturated rings. The molecule has 0 unspecified atom stereocenters. The summed E-state index contributed by atoms with van der Waals surface area (Å²) in [6, 6.07) is 0. The van der Waals surface area contributed by atoms with Crippen LogP contribution in [0.25, 0.3) is 0 Å². The molecule has 9 atom stereocenters. The van der Waals surface area contributed by atoms with E-state index in [1.165, 1.54) is 25.7 Å². The summed E-state index contributed by atoms with van der Waals surface area (Å²) in [5.41, 5.74) is 1.26. The van der Waals surface area contributed by atoms with Gasteiger partial charge in [-0.3, -0.25) is 19.2 Å². The Kier molecular flexibility index (Phi) is 10.7. The highest BCUT2D eigenvalue weighted by Gasteiger charge is 2.62. The maximum Gasteiger partial charge on any atom is 0.306 e. The maximum atomic E-state index is 13.0. The number of carbonyl (C=O) groups is 4. The molecule has 0 radical (unpaired) electrons. The molecule has 8 heteroatoms. The maximum absolute atomic E-state index is 13.0. The van der Waals surface area contributed by atoms with Gasteiger partial charge in [0.05, 0.1) is 25.7 Å². The van der Waals surface area contributed by atoms with Gasteiger partial charge in [0.2, 0.25) is 0 Å². The van der Waals surface area contributed by atoms with Gasteiger partial charge in [-0.05, 0) is 85.0 Å². The summed E-state index contributed by atoms with van der Waals surface area (Å²) in [6.07, 6.45) is 11.1. The smallest absolute Gasteiger partial charge is 0.306 e. The molecule has 0 aliphatic heterocycles. The van der Waals surface area contributed by atoms with Crippen molar-refractivity contribution in [1.82, 2.24) is 0 Å². The molecule has 0 amide bonds. The molecule has 0 spiro atoms. The number of fused-ring (bicyclic) bond motifs is 5. The van der Waals surface area contributed by atoms with Gasteiger partial charge in [-0.1, -0.05) is 59.5 Å². The van der Waals surface area contributed by atoms with Crippen molar-refractivity contribution in [1.29, 1.82) is 0 Å². The molecule has 0 heterocycles. The minimum atomic E-state index is -1.02. The number of carboxylic acids is 2. The van der Waals surface area contributed by atoms with E-state index in [9.17, 15) is 19.2 Å². The van der Waals surface area contributed by atoms with Crippen molar-refractivity contribution in [3.05, 3.63) is 11.6 Å². The SMILES string of the molecule is CC(C)CCC[C@@H](C)[C@H]1CC[C@H]2[C@@H]3[C@@H](OC(=O)CCC(=O)O)C=C4C[C@@H](OC(=O)CCC(=O)O)CC[C@]4(C)[C@H]3CC[C@]12C. The van der Waals surface area contributed by atoms with Crippen molar-refractivity contribution in [3.8, 4) is 0 Å². The summed E-state index contributed by atoms with van der Waals surface area (Å²) in [7, 11) is 0. The molecule has 0 aromatic heterocycles. The van der Waals surface area contributed by atoms with Crippen molar-refractivity contribution >= 4 is 23.9 Å². The zero-order chi connectivity index (χ0) is 31.5. The van der Waals surface area contributed by atoms with Gasteiger partial charge in [-0.25, -0.2) is 0 Å². The van der Waals surface area contributed by atoms with Crippen LogP contribution in [0.2, 0.25) is 0 Å². The van der Waals surface area contributed by atoms with E-state index in [-0.39, 0.29) is 48.5 Å². The van der Waals surface area contributed by atoms with Crippen LogP contribution < -0.4 is 0 Å². The molecule has 8 nitrogen and oxygen atoms in total. The van der Waals surface area contributed by atoms with Crippen LogP contribution >= 0.6 is 0 Å². The Morgan fingerprint density at radius 1 is 0.837 bits per heavy atom. The fourth-order valence-corrected chi connectivity index (χ4v) is 9.70. The fourth-order valence-electron chi connectivity index (χ4n) is 9.70. The molecule has 0 aromatic rings. The lowest BCUT2D eigenvalue weighted by Crippen LogP contribution is -2.55. The third kappa shape index (κ3) is 7.47. The van der Waals surface area contributed by atoms with E-state index in [1.54, 1.807) is 0 Å². The van der Waals surface area contributed by atoms with Gasteiger partial charge in [-0.2, -0.15) is 0 Å². The Morgan fingerprint density at radius 3 is 2.12 bits per heavy atom. The number of esters is 2. The Bertz CT molecular complexity index is 1080. The van der Waals surface area contributed by atoms with E-state index in [1.807, 2.05) is 0 Å². The second kappa shape index (κ2) is 13.7. The molecule has 4 aliphatic carbocycles. The van der Waals surface area contributed by atoms with Crippen LogP contribution in [0, 0.1) is 46.3 Å². The van der Waals surface area contributed by atoms with Gasteiger partial charge >= 0.3 is 23.9 Å². The average molecular weight is 603 g/mol. The molecule has 4 rings (SSSR count). The first-order valence-corrected chi connectivity index (χ1v) is 16.8. The summed E-state index contributed by atoms with van der Waals surface area (Å²) < 4.78 is 11.9. The van der Waals surface area contributed by atoms with Gasteiger partial charge in [-0.15, -0.1) is 0 Å². The first kappa shape index (κ1) is 33.5. The van der Waals surface area contributed by atoms with Crippen LogP contribution in [0.4, 0.5) is 0 Å². The van der Waals surface area contributed by atoms with Crippen molar-refractivity contribution < 1.29 is 38.9 Å². The second-order valence-electron chi connectivity index (χ2n) is 15.0. The van der Waals surface area contributed by atoms with Crippen LogP contribution in [-0.4, -0.2) is 46.3 Å². The van der Waals surface area contributed by atoms with Gasteiger partial charge in [0.1, 0.15) is 12.2 Å². The largest absolute Gasteiger partial charge is 0.481 e. The first-order valence-electron chi connectivity index (χ1n) is 16.8. The predicted molar refractivity (Wildman–Crippen MR) is 162 cm³/mol. The quantitative estimate of drug-likeness (QED) is 0.167. The van der Waals surface area contributed by atoms with Crippen molar-refractivity contribution in [2.75, 3.05) is 0 Å². The summed E-state index contributed by atoms with van der Waals surface area (Å²) >= 11 is 0. The molecular formula is C35H54O8. The van der Waals surface area contributed by atoms with E-state index < -0.39 is 30.0 Å². The zero-order valence-electron chi connectivity index (χ0n) is 26.9. The molecule has 2 N–H and O–H groups in total. The monoisotopic (exact) mass is 602 g/mol. The second-order valence-corrected chi connectivity index (χ2v) is 15.0. The van der Waals surface area contributed by atoms with Crippen LogP contribution in [0.5, 0.6) is 0 Å². The number of hydrogen-bond acceptors (Lipinski definition) is 6. The summed E-state index contributed by atoms with van der Waals surface area (Å²) in [5, 5.41) is 18.1. The van der Waals surface area contributed by atoms with Crippen molar-refractivity contribution in [2.24, 2.45) is 46.3 Å². The molecule has 3 saturated carbocycles. The van der Waals surface area contributed by atoms with Gasteiger partial charge in [0, 0.05) is 12.3 Å². The Morgan fingerprint density at radius 2 is 1.49 bits per heavy atom. The lowest BCUT2D eigenvalue weighted by Gasteiger charge is -2.59. The Hall–Kier alpha value is -2.38. The molecule has 4 aliphatic rings. The van der Waals surface area contributed by atoms with Crippen LogP contribution in [-0.2, 0) is 28.7 Å². The van der Waals surface area contributed by atoms with Crippen LogP contribution in [0.3, 0.4) is 0 Å². The first-order chi connectivity index (χ1) is 20.2. The van der Waals surface area contributed by atoms with E-state index in [2.05, 4.69) is 40.7 Å². The number of aliphatic carboxylic acids is 2. The topological polar surface area (TPSA) is 127 Å². The standard InChI is InChI=1S/C35H54O8/c1-21(2)7-6-8-22(3)25-9-10-26-33-27(16-18-35(25,26)5)34(4)17-15-24(42-31(40)13-11-29(36)37)19-23(34)20-28(33)43-32(41)14-12-30(38)39/h20-22,24-28,33H,6-19H2,1-5H3,(H,36,37)(H,38,39)/t22-,24+,25-,26+,27+,28+,33+,34+,35-/m1/s1. The zero-order valence-corrected chi connectivity index (χ0v) is 26.9. The normalized spacial score (nSPS) is 35.6. The minimum absolute atomic E-state index is 0.0824. The number of ether oxygens (including phenoxy) is 2. The summed E-state index contributed by atoms with van der Waals surface area (Å²) in [6.45, 7) is 11.8.